The van der Waals surface area contributed by atoms with Gasteiger partial charge in [-0.15, -0.1) is 0 Å². The Balaban J connectivity index is 1.90. The molecular formula is C16H16Cl2N2O3S. The third-order valence-electron chi connectivity index (χ3n) is 3.83. The van der Waals surface area contributed by atoms with Crippen molar-refractivity contribution >= 4 is 38.9 Å². The number of nitrogens with zero attached hydrogens (tertiary/aromatic N) is 2. The summed E-state index contributed by atoms with van der Waals surface area (Å²) in [5, 5.41) is 0.946. The highest BCUT2D eigenvalue weighted by atomic mass is 35.5. The second kappa shape index (κ2) is 6.88. The first-order chi connectivity index (χ1) is 11.4. The molecule has 1 aromatic heterocycles. The number of halogens is 2. The van der Waals surface area contributed by atoms with Crippen LogP contribution in [0.4, 0.5) is 5.82 Å². The molecule has 0 N–H and O–H groups in total. The van der Waals surface area contributed by atoms with E-state index >= 15 is 0 Å². The lowest BCUT2D eigenvalue weighted by atomic mass is 10.1. The fourth-order valence-electron chi connectivity index (χ4n) is 2.67. The topological polar surface area (TPSA) is 59.5 Å². The van der Waals surface area contributed by atoms with Crippen LogP contribution in [-0.2, 0) is 14.6 Å². The number of hydrogen-bond acceptors (Lipinski definition) is 5. The van der Waals surface area contributed by atoms with Gasteiger partial charge in [-0.2, -0.15) is 0 Å². The van der Waals surface area contributed by atoms with Crippen molar-refractivity contribution < 1.29 is 13.2 Å². The maximum absolute atomic E-state index is 12.0. The molecule has 0 radical (unpaired) electrons. The van der Waals surface area contributed by atoms with Crippen LogP contribution in [-0.4, -0.2) is 39.4 Å². The van der Waals surface area contributed by atoms with Gasteiger partial charge in [0.05, 0.1) is 16.7 Å². The smallest absolute Gasteiger partial charge is 0.179 e. The summed E-state index contributed by atoms with van der Waals surface area (Å²) in [6.45, 7) is 1.51. The molecule has 1 aliphatic rings. The van der Waals surface area contributed by atoms with E-state index in [2.05, 4.69) is 4.98 Å². The first-order valence-electron chi connectivity index (χ1n) is 7.33. The Kier molecular flexibility index (Phi) is 5.01. The SMILES string of the molecule is CS(=O)(=O)c1cccnc1N1CCOC(c2ccc(Cl)c(Cl)c2)C1. The third-order valence-corrected chi connectivity index (χ3v) is 5.69. The Morgan fingerprint density at radius 1 is 1.25 bits per heavy atom. The second-order valence-electron chi connectivity index (χ2n) is 5.58. The molecule has 0 amide bonds. The van der Waals surface area contributed by atoms with Gasteiger partial charge in [0.2, 0.25) is 0 Å². The van der Waals surface area contributed by atoms with Crippen LogP contribution < -0.4 is 4.90 Å². The van der Waals surface area contributed by atoms with Crippen LogP contribution in [0, 0.1) is 0 Å². The highest BCUT2D eigenvalue weighted by Crippen LogP contribution is 2.31. The van der Waals surface area contributed by atoms with E-state index in [9.17, 15) is 8.42 Å². The van der Waals surface area contributed by atoms with Gasteiger partial charge in [-0.05, 0) is 29.8 Å². The van der Waals surface area contributed by atoms with Crippen molar-refractivity contribution in [3.8, 4) is 0 Å². The van der Waals surface area contributed by atoms with Gasteiger partial charge in [-0.1, -0.05) is 29.3 Å². The van der Waals surface area contributed by atoms with Gasteiger partial charge < -0.3 is 9.64 Å². The molecule has 8 heteroatoms. The maximum Gasteiger partial charge on any atom is 0.179 e. The number of ether oxygens (including phenoxy) is 1. The van der Waals surface area contributed by atoms with Crippen molar-refractivity contribution in [2.75, 3.05) is 30.9 Å². The van der Waals surface area contributed by atoms with Crippen molar-refractivity contribution in [3.05, 3.63) is 52.1 Å². The zero-order valence-electron chi connectivity index (χ0n) is 12.9. The molecule has 1 saturated heterocycles. The summed E-state index contributed by atoms with van der Waals surface area (Å²) in [5.74, 6) is 0.452. The van der Waals surface area contributed by atoms with E-state index in [0.29, 0.717) is 35.6 Å². The lowest BCUT2D eigenvalue weighted by molar-refractivity contribution is 0.0393. The molecule has 128 valence electrons. The van der Waals surface area contributed by atoms with Gasteiger partial charge >= 0.3 is 0 Å². The van der Waals surface area contributed by atoms with Gasteiger partial charge in [0, 0.05) is 25.5 Å². The lowest BCUT2D eigenvalue weighted by Crippen LogP contribution is -2.39. The molecule has 5 nitrogen and oxygen atoms in total. The van der Waals surface area contributed by atoms with Crippen LogP contribution >= 0.6 is 23.2 Å². The van der Waals surface area contributed by atoms with E-state index in [1.54, 1.807) is 30.5 Å². The largest absolute Gasteiger partial charge is 0.370 e. The minimum atomic E-state index is -3.36. The molecule has 1 aliphatic heterocycles. The number of benzene rings is 1. The zero-order valence-corrected chi connectivity index (χ0v) is 15.3. The Hall–Kier alpha value is -1.34. The molecule has 1 aromatic carbocycles. The third kappa shape index (κ3) is 3.67. The van der Waals surface area contributed by atoms with Crippen molar-refractivity contribution in [3.63, 3.8) is 0 Å². The molecule has 1 fully saturated rings. The van der Waals surface area contributed by atoms with Crippen LogP contribution in [0.3, 0.4) is 0 Å². The molecule has 2 heterocycles. The predicted molar refractivity (Wildman–Crippen MR) is 94.7 cm³/mol. The zero-order chi connectivity index (χ0) is 17.3. The normalized spacial score (nSPS) is 18.6. The summed E-state index contributed by atoms with van der Waals surface area (Å²) in [4.78, 5) is 6.42. The van der Waals surface area contributed by atoms with Crippen molar-refractivity contribution in [2.24, 2.45) is 0 Å². The maximum atomic E-state index is 12.0. The number of hydrogen-bond donors (Lipinski definition) is 0. The molecule has 0 saturated carbocycles. The molecule has 2 aromatic rings. The van der Waals surface area contributed by atoms with Crippen molar-refractivity contribution in [1.29, 1.82) is 0 Å². The van der Waals surface area contributed by atoms with E-state index in [4.69, 9.17) is 27.9 Å². The van der Waals surface area contributed by atoms with Crippen LogP contribution in [0.2, 0.25) is 10.0 Å². The predicted octanol–water partition coefficient (Wildman–Crippen LogP) is 3.37. The Morgan fingerprint density at radius 2 is 2.04 bits per heavy atom. The second-order valence-corrected chi connectivity index (χ2v) is 8.37. The fourth-order valence-corrected chi connectivity index (χ4v) is 3.81. The van der Waals surface area contributed by atoms with E-state index in [1.165, 1.54) is 6.26 Å². The van der Waals surface area contributed by atoms with E-state index in [-0.39, 0.29) is 11.0 Å². The minimum absolute atomic E-state index is 0.222. The summed E-state index contributed by atoms with van der Waals surface area (Å²) in [5.41, 5.74) is 0.894. The molecule has 3 rings (SSSR count). The van der Waals surface area contributed by atoms with Crippen LogP contribution in [0.5, 0.6) is 0 Å². The van der Waals surface area contributed by atoms with Crippen LogP contribution in [0.1, 0.15) is 11.7 Å². The average molecular weight is 387 g/mol. The number of rotatable bonds is 3. The van der Waals surface area contributed by atoms with Gasteiger partial charge in [0.25, 0.3) is 0 Å². The lowest BCUT2D eigenvalue weighted by Gasteiger charge is -2.34. The summed E-state index contributed by atoms with van der Waals surface area (Å²) in [7, 11) is -3.36. The van der Waals surface area contributed by atoms with Gasteiger partial charge in [-0.3, -0.25) is 0 Å². The Bertz CT molecular complexity index is 858. The standard InChI is InChI=1S/C16H16Cl2N2O3S/c1-24(21,22)15-3-2-6-19-16(15)20-7-8-23-14(10-20)11-4-5-12(17)13(18)9-11/h2-6,9,14H,7-8,10H2,1H3. The summed E-state index contributed by atoms with van der Waals surface area (Å²) in [6, 6.07) is 8.55. The van der Waals surface area contributed by atoms with E-state index in [1.807, 2.05) is 11.0 Å². The van der Waals surface area contributed by atoms with E-state index < -0.39 is 9.84 Å². The minimum Gasteiger partial charge on any atom is -0.370 e. The van der Waals surface area contributed by atoms with Crippen molar-refractivity contribution in [1.82, 2.24) is 4.98 Å². The highest BCUT2D eigenvalue weighted by Gasteiger charge is 2.27. The van der Waals surface area contributed by atoms with Gasteiger partial charge in [-0.25, -0.2) is 13.4 Å². The monoisotopic (exact) mass is 386 g/mol. The molecule has 1 atom stereocenters. The number of pyridine rings is 1. The van der Waals surface area contributed by atoms with Gasteiger partial charge in [0.1, 0.15) is 16.8 Å². The van der Waals surface area contributed by atoms with Crippen molar-refractivity contribution in [2.45, 2.75) is 11.0 Å². The average Bonchev–Trinajstić information content (AvgIpc) is 2.57. The first-order valence-corrected chi connectivity index (χ1v) is 9.97. The van der Waals surface area contributed by atoms with Gasteiger partial charge in [0.15, 0.2) is 9.84 Å². The first kappa shape index (κ1) is 17.5. The number of aromatic nitrogens is 1. The Labute approximate surface area is 151 Å². The molecule has 1 unspecified atom stereocenters. The summed E-state index contributed by atoms with van der Waals surface area (Å²) < 4.78 is 29.8. The quantitative estimate of drug-likeness (QED) is 0.808. The highest BCUT2D eigenvalue weighted by molar-refractivity contribution is 7.90. The number of anilines is 1. The van der Waals surface area contributed by atoms with E-state index in [0.717, 1.165) is 5.56 Å². The number of sulfone groups is 1. The Morgan fingerprint density at radius 3 is 2.75 bits per heavy atom. The molecule has 24 heavy (non-hydrogen) atoms. The molecular weight excluding hydrogens is 371 g/mol. The molecule has 0 aliphatic carbocycles. The fraction of sp³-hybridized carbons (Fsp3) is 0.312. The molecule has 0 spiro atoms. The summed E-state index contributed by atoms with van der Waals surface area (Å²) in [6.07, 6.45) is 2.54. The van der Waals surface area contributed by atoms with Crippen LogP contribution in [0.15, 0.2) is 41.4 Å². The number of morpholine rings is 1. The summed E-state index contributed by atoms with van der Waals surface area (Å²) >= 11 is 12.0. The van der Waals surface area contributed by atoms with Crippen LogP contribution in [0.25, 0.3) is 0 Å². The molecule has 0 bridgehead atoms.